The molecular formula is C44H60N12O20. The van der Waals surface area contributed by atoms with Crippen molar-refractivity contribution in [1.29, 1.82) is 10.8 Å². The van der Waals surface area contributed by atoms with Gasteiger partial charge < -0.3 is 106 Å². The number of ether oxygens (including phenoxy) is 10. The Hall–Kier alpha value is -8.81. The molecule has 1 aromatic carbocycles. The van der Waals surface area contributed by atoms with Gasteiger partial charge in [0.2, 0.25) is 35.7 Å². The van der Waals surface area contributed by atoms with Crippen LogP contribution in [-0.4, -0.2) is 179 Å². The van der Waals surface area contributed by atoms with Crippen LogP contribution in [0.15, 0.2) is 47.9 Å². The van der Waals surface area contributed by atoms with Crippen LogP contribution < -0.4 is 54.0 Å². The second-order valence-corrected chi connectivity index (χ2v) is 16.9. The fourth-order valence-electron chi connectivity index (χ4n) is 7.89. The molecule has 15 N–H and O–H groups in total. The van der Waals surface area contributed by atoms with Crippen LogP contribution in [0.5, 0.6) is 0 Å². The molecule has 0 spiro atoms. The molecule has 6 amide bonds. The Kier molecular flexibility index (Phi) is 21.0. The van der Waals surface area contributed by atoms with E-state index in [1.54, 1.807) is 24.3 Å². The summed E-state index contributed by atoms with van der Waals surface area (Å²) in [5, 5.41) is 46.7. The Labute approximate surface area is 432 Å². The number of carbonyl (C=O) groups excluding carboxylic acids is 9. The minimum Gasteiger partial charge on any atom is -0.483 e. The van der Waals surface area contributed by atoms with Crippen molar-refractivity contribution in [2.24, 2.45) is 11.5 Å². The zero-order chi connectivity index (χ0) is 55.6. The molecule has 1 aromatic rings. The molecule has 4 heterocycles. The number of guanidine groups is 2. The summed E-state index contributed by atoms with van der Waals surface area (Å²) in [7, 11) is 2.25. The average molecular weight is 1080 g/mol. The van der Waals surface area contributed by atoms with E-state index in [1.807, 2.05) is 0 Å². The smallest absolute Gasteiger partial charge is 0.483 e. The van der Waals surface area contributed by atoms with E-state index >= 15 is 0 Å². The standard InChI is InChI=1S/C44H60N12O20/c1-19(57)53-31-23(55-39(45)46)13-25(37(61)67-3)71-35(31)33(27-17-69-43(65)73-27)75-41(63)49-11-9-29(59)51-15-21-5-7-22(8-6-21)16-52-30(60)10-12-50-42(64)76-34(28-18-70-44(66)74-28)36-32(54-20(2)58)24(56-40(47)48)14-26(72-36)38(62)68-4/h5-8,13-14,23-24,27-28,31-37,61H,9-12,15-18H2,1-4H3,(H,49,63)(H,50,64)(H,51,59)(H,52,60)(H,53,57)(H,54,58)(H4,45,46,55)(H4,47,48,56)/t23-,24-,27?,28+,31?,32?,33+,34+,35+,36+,37+/m0/s1. The normalized spacial score (nSPS) is 23.5. The summed E-state index contributed by atoms with van der Waals surface area (Å²) in [5.41, 5.74) is 12.5. The highest BCUT2D eigenvalue weighted by Crippen LogP contribution is 2.30. The molecule has 5 rings (SSSR count). The number of benzene rings is 1. The third-order valence-electron chi connectivity index (χ3n) is 11.3. The lowest BCUT2D eigenvalue weighted by Crippen LogP contribution is -2.65. The number of nitrogens with two attached hydrogens (primary N) is 2. The maximum atomic E-state index is 13.1. The van der Waals surface area contributed by atoms with Gasteiger partial charge in [-0.25, -0.2) is 24.0 Å². The van der Waals surface area contributed by atoms with Gasteiger partial charge in [0, 0.05) is 60.0 Å². The summed E-state index contributed by atoms with van der Waals surface area (Å²) in [6, 6.07) is 2.39. The number of carbonyl (C=O) groups is 9. The van der Waals surface area contributed by atoms with Gasteiger partial charge in [0.1, 0.15) is 13.2 Å². The molecule has 3 unspecified atom stereocenters. The molecule has 416 valence electrons. The second-order valence-electron chi connectivity index (χ2n) is 16.9. The summed E-state index contributed by atoms with van der Waals surface area (Å²) < 4.78 is 53.0. The van der Waals surface area contributed by atoms with Gasteiger partial charge in [-0.2, -0.15) is 0 Å². The number of aliphatic hydroxyl groups is 1. The fraction of sp³-hybridized carbons (Fsp3) is 0.523. The number of nitrogens with one attached hydrogen (secondary N) is 10. The number of esters is 1. The molecule has 32 heteroatoms. The average Bonchev–Trinajstić information content (AvgIpc) is 4.01. The number of hydrogen-bond donors (Lipinski definition) is 13. The summed E-state index contributed by atoms with van der Waals surface area (Å²) in [6.45, 7) is 1.28. The number of aliphatic hydroxyl groups excluding tert-OH is 1. The highest BCUT2D eigenvalue weighted by molar-refractivity contribution is 5.87. The van der Waals surface area contributed by atoms with E-state index in [4.69, 9.17) is 69.7 Å². The van der Waals surface area contributed by atoms with Crippen LogP contribution in [0.4, 0.5) is 19.2 Å². The molecule has 0 bridgehead atoms. The molecule has 0 saturated carbocycles. The van der Waals surface area contributed by atoms with E-state index in [0.717, 1.165) is 7.11 Å². The van der Waals surface area contributed by atoms with Crippen molar-refractivity contribution in [1.82, 2.24) is 42.5 Å². The fourth-order valence-corrected chi connectivity index (χ4v) is 7.89. The number of amides is 6. The van der Waals surface area contributed by atoms with Crippen molar-refractivity contribution in [3.8, 4) is 0 Å². The minimum absolute atomic E-state index is 0.0859. The highest BCUT2D eigenvalue weighted by Gasteiger charge is 2.52. The van der Waals surface area contributed by atoms with Crippen LogP contribution in [0.3, 0.4) is 0 Å². The highest BCUT2D eigenvalue weighted by atomic mass is 16.8. The topological polar surface area (TPSA) is 462 Å². The van der Waals surface area contributed by atoms with Gasteiger partial charge in [0.25, 0.3) is 0 Å². The van der Waals surface area contributed by atoms with E-state index in [1.165, 1.54) is 33.1 Å². The van der Waals surface area contributed by atoms with Gasteiger partial charge in [0.15, 0.2) is 54.3 Å². The third kappa shape index (κ3) is 17.1. The van der Waals surface area contributed by atoms with Crippen LogP contribution >= 0.6 is 0 Å². The minimum atomic E-state index is -1.64. The van der Waals surface area contributed by atoms with Gasteiger partial charge in [0.05, 0.1) is 31.3 Å². The van der Waals surface area contributed by atoms with Crippen molar-refractivity contribution >= 4 is 66.0 Å². The molecule has 4 aliphatic rings. The first-order valence-electron chi connectivity index (χ1n) is 23.1. The Balaban J connectivity index is 1.07. The Morgan fingerprint density at radius 2 is 1.09 bits per heavy atom. The second kappa shape index (κ2) is 27.5. The molecule has 76 heavy (non-hydrogen) atoms. The SMILES string of the molecule is COC(=O)C1=C[C@H](NC(=N)N)C(NC(C)=O)[C@H]([C@H](OC(=O)NCCC(=O)NCc2ccc(CNC(=O)CCNC(=O)O[C@H](C3COC(=O)O3)[C@@H]3OC([C@H](O)OC)=C[C@H](NC(=N)N)C3NC(C)=O)cc2)[C@H]2COC(=O)O2)O1. The van der Waals surface area contributed by atoms with Gasteiger partial charge in [-0.1, -0.05) is 24.3 Å². The van der Waals surface area contributed by atoms with Crippen LogP contribution in [0, 0.1) is 10.8 Å². The first kappa shape index (κ1) is 58.1. The van der Waals surface area contributed by atoms with Crippen LogP contribution in [-0.2, 0) is 84.4 Å². The number of cyclic esters (lactones) is 4. The van der Waals surface area contributed by atoms with E-state index < -0.39 is 152 Å². The Morgan fingerprint density at radius 3 is 1.47 bits per heavy atom. The lowest BCUT2D eigenvalue weighted by molar-refractivity contribution is -0.147. The predicted molar refractivity (Wildman–Crippen MR) is 252 cm³/mol. The zero-order valence-electron chi connectivity index (χ0n) is 41.3. The summed E-state index contributed by atoms with van der Waals surface area (Å²) in [5.74, 6) is -4.72. The molecule has 0 aliphatic carbocycles. The van der Waals surface area contributed by atoms with Crippen molar-refractivity contribution in [3.05, 3.63) is 59.1 Å². The molecule has 11 atom stereocenters. The van der Waals surface area contributed by atoms with Crippen molar-refractivity contribution < 1.29 is 95.6 Å². The van der Waals surface area contributed by atoms with E-state index in [9.17, 15) is 48.3 Å². The van der Waals surface area contributed by atoms with Gasteiger partial charge in [-0.3, -0.25) is 30.0 Å². The number of methoxy groups -OCH3 is 2. The summed E-state index contributed by atoms with van der Waals surface area (Å²) >= 11 is 0. The van der Waals surface area contributed by atoms with Crippen LogP contribution in [0.25, 0.3) is 0 Å². The van der Waals surface area contributed by atoms with Crippen molar-refractivity contribution in [2.45, 2.75) is 107 Å². The molecule has 0 radical (unpaired) electrons. The van der Waals surface area contributed by atoms with Gasteiger partial charge in [-0.15, -0.1) is 0 Å². The quantitative estimate of drug-likeness (QED) is 0.0165. The molecule has 2 fully saturated rings. The lowest BCUT2D eigenvalue weighted by Gasteiger charge is -2.42. The molecule has 32 nitrogen and oxygen atoms in total. The van der Waals surface area contributed by atoms with Gasteiger partial charge in [-0.05, 0) is 23.3 Å². The maximum Gasteiger partial charge on any atom is 0.508 e. The predicted octanol–water partition coefficient (Wildman–Crippen LogP) is -3.62. The van der Waals surface area contributed by atoms with Crippen molar-refractivity contribution in [2.75, 3.05) is 40.5 Å². The van der Waals surface area contributed by atoms with E-state index in [-0.39, 0.29) is 44.8 Å². The van der Waals surface area contributed by atoms with Crippen LogP contribution in [0.1, 0.15) is 37.8 Å². The number of rotatable bonds is 23. The number of hydrogen-bond acceptors (Lipinski definition) is 22. The van der Waals surface area contributed by atoms with Crippen LogP contribution in [0.2, 0.25) is 0 Å². The summed E-state index contributed by atoms with van der Waals surface area (Å²) in [6.07, 6.45) is -12.4. The zero-order valence-corrected chi connectivity index (χ0v) is 41.3. The first-order valence-corrected chi connectivity index (χ1v) is 23.1. The van der Waals surface area contributed by atoms with E-state index in [2.05, 4.69) is 42.5 Å². The molecular weight excluding hydrogens is 1020 g/mol. The summed E-state index contributed by atoms with van der Waals surface area (Å²) in [4.78, 5) is 113. The first-order chi connectivity index (χ1) is 36.1. The molecule has 0 aromatic heterocycles. The molecule has 2 saturated heterocycles. The number of alkyl carbamates (subject to hydrolysis) is 2. The van der Waals surface area contributed by atoms with Crippen molar-refractivity contribution in [3.63, 3.8) is 0 Å². The molecule has 4 aliphatic heterocycles. The van der Waals surface area contributed by atoms with E-state index in [0.29, 0.717) is 11.1 Å². The third-order valence-corrected chi connectivity index (χ3v) is 11.3. The Bertz CT molecular complexity index is 2410. The largest absolute Gasteiger partial charge is 0.508 e. The maximum absolute atomic E-state index is 13.1. The Morgan fingerprint density at radius 1 is 0.658 bits per heavy atom. The monoisotopic (exact) mass is 1080 g/mol. The lowest BCUT2D eigenvalue weighted by atomic mass is 9.91. The van der Waals surface area contributed by atoms with Gasteiger partial charge >= 0.3 is 30.5 Å².